The molecule has 3 nitrogen and oxygen atoms in total. The van der Waals surface area contributed by atoms with Gasteiger partial charge in [0.2, 0.25) is 5.91 Å². The van der Waals surface area contributed by atoms with E-state index < -0.39 is 11.7 Å². The third-order valence-corrected chi connectivity index (χ3v) is 3.26. The Morgan fingerprint density at radius 3 is 2.68 bits per heavy atom. The highest BCUT2D eigenvalue weighted by Crippen LogP contribution is 2.30. The quantitative estimate of drug-likeness (QED) is 0.915. The first-order chi connectivity index (χ1) is 8.90. The molecule has 1 atom stereocenters. The molecule has 0 saturated carbocycles. The summed E-state index contributed by atoms with van der Waals surface area (Å²) in [6.07, 6.45) is -3.97. The summed E-state index contributed by atoms with van der Waals surface area (Å²) in [5.74, 6) is 0.0613. The molecule has 0 radical (unpaired) electrons. The number of benzene rings is 1. The third-order valence-electron chi connectivity index (χ3n) is 3.26. The van der Waals surface area contributed by atoms with Gasteiger partial charge < -0.3 is 10.6 Å². The average molecular weight is 272 g/mol. The lowest BCUT2D eigenvalue weighted by Gasteiger charge is -2.17. The predicted octanol–water partition coefficient (Wildman–Crippen LogP) is 2.01. The van der Waals surface area contributed by atoms with Gasteiger partial charge in [0.05, 0.1) is 5.56 Å². The number of nitrogens with zero attached hydrogens (tertiary/aromatic N) is 1. The van der Waals surface area contributed by atoms with E-state index in [-0.39, 0.29) is 18.4 Å². The van der Waals surface area contributed by atoms with Gasteiger partial charge in [-0.3, -0.25) is 4.79 Å². The van der Waals surface area contributed by atoms with E-state index in [1.807, 2.05) is 0 Å². The van der Waals surface area contributed by atoms with Crippen molar-refractivity contribution in [3.8, 4) is 0 Å². The number of carbonyl (C=O) groups excluding carboxylic acids is 1. The Kier molecular flexibility index (Phi) is 3.80. The SMILES string of the molecule is NCC1CC(=O)N(Cc2cccc(C(F)(F)F)c2)C1. The Hall–Kier alpha value is -1.56. The molecule has 2 rings (SSSR count). The van der Waals surface area contributed by atoms with Crippen LogP contribution >= 0.6 is 0 Å². The lowest BCUT2D eigenvalue weighted by molar-refractivity contribution is -0.137. The Bertz CT molecular complexity index is 473. The Morgan fingerprint density at radius 2 is 2.11 bits per heavy atom. The fourth-order valence-corrected chi connectivity index (χ4v) is 2.23. The van der Waals surface area contributed by atoms with E-state index in [1.165, 1.54) is 6.07 Å². The van der Waals surface area contributed by atoms with Crippen LogP contribution in [0.2, 0.25) is 0 Å². The highest BCUT2D eigenvalue weighted by atomic mass is 19.4. The van der Waals surface area contributed by atoms with Crippen LogP contribution in [0.5, 0.6) is 0 Å². The second-order valence-corrected chi connectivity index (χ2v) is 4.78. The van der Waals surface area contributed by atoms with Gasteiger partial charge in [-0.2, -0.15) is 13.2 Å². The predicted molar refractivity (Wildman–Crippen MR) is 64.0 cm³/mol. The van der Waals surface area contributed by atoms with Crippen LogP contribution in [-0.4, -0.2) is 23.9 Å². The molecule has 0 aromatic heterocycles. The van der Waals surface area contributed by atoms with Crippen molar-refractivity contribution < 1.29 is 18.0 Å². The largest absolute Gasteiger partial charge is 0.416 e. The fourth-order valence-electron chi connectivity index (χ4n) is 2.23. The van der Waals surface area contributed by atoms with Crippen LogP contribution < -0.4 is 5.73 Å². The second-order valence-electron chi connectivity index (χ2n) is 4.78. The summed E-state index contributed by atoms with van der Waals surface area (Å²) in [5, 5.41) is 0. The summed E-state index contributed by atoms with van der Waals surface area (Å²) < 4.78 is 37.7. The topological polar surface area (TPSA) is 46.3 Å². The Balaban J connectivity index is 2.10. The molecule has 1 fully saturated rings. The summed E-state index contributed by atoms with van der Waals surface area (Å²) in [4.78, 5) is 13.2. The first-order valence-electron chi connectivity index (χ1n) is 6.04. The van der Waals surface area contributed by atoms with Crippen molar-refractivity contribution in [1.29, 1.82) is 0 Å². The molecule has 19 heavy (non-hydrogen) atoms. The number of hydrogen-bond donors (Lipinski definition) is 1. The van der Waals surface area contributed by atoms with Crippen molar-refractivity contribution in [3.63, 3.8) is 0 Å². The highest BCUT2D eigenvalue weighted by molar-refractivity contribution is 5.78. The summed E-state index contributed by atoms with van der Waals surface area (Å²) in [6.45, 7) is 1.15. The van der Waals surface area contributed by atoms with Crippen LogP contribution in [0.4, 0.5) is 13.2 Å². The van der Waals surface area contributed by atoms with Crippen LogP contribution in [0.3, 0.4) is 0 Å². The van der Waals surface area contributed by atoms with E-state index in [4.69, 9.17) is 5.73 Å². The summed E-state index contributed by atoms with van der Waals surface area (Å²) in [6, 6.07) is 5.07. The van der Waals surface area contributed by atoms with Crippen LogP contribution in [0.1, 0.15) is 17.5 Å². The minimum Gasteiger partial charge on any atom is -0.338 e. The van der Waals surface area contributed by atoms with Gasteiger partial charge in [-0.15, -0.1) is 0 Å². The van der Waals surface area contributed by atoms with Gasteiger partial charge in [0.15, 0.2) is 0 Å². The second kappa shape index (κ2) is 5.21. The summed E-state index contributed by atoms with van der Waals surface area (Å²) >= 11 is 0. The zero-order valence-corrected chi connectivity index (χ0v) is 10.3. The van der Waals surface area contributed by atoms with Crippen LogP contribution in [0.25, 0.3) is 0 Å². The van der Waals surface area contributed by atoms with Crippen molar-refractivity contribution >= 4 is 5.91 Å². The first kappa shape index (κ1) is 13.9. The molecule has 1 aliphatic heterocycles. The van der Waals surface area contributed by atoms with Crippen LogP contribution in [-0.2, 0) is 17.5 Å². The van der Waals surface area contributed by atoms with Gasteiger partial charge in [0, 0.05) is 19.5 Å². The van der Waals surface area contributed by atoms with Crippen LogP contribution in [0, 0.1) is 5.92 Å². The Labute approximate surface area is 109 Å². The molecular formula is C13H15F3N2O. The maximum absolute atomic E-state index is 12.6. The number of rotatable bonds is 3. The molecule has 1 aromatic rings. The van der Waals surface area contributed by atoms with Gasteiger partial charge >= 0.3 is 6.18 Å². The molecule has 1 aliphatic rings. The number of halogens is 3. The first-order valence-corrected chi connectivity index (χ1v) is 6.04. The fraction of sp³-hybridized carbons (Fsp3) is 0.462. The van der Waals surface area contributed by atoms with E-state index in [2.05, 4.69) is 0 Å². The molecule has 1 saturated heterocycles. The van der Waals surface area contributed by atoms with E-state index >= 15 is 0 Å². The minimum absolute atomic E-state index is 0.0483. The van der Waals surface area contributed by atoms with Crippen molar-refractivity contribution in [2.24, 2.45) is 11.7 Å². The third kappa shape index (κ3) is 3.26. The zero-order chi connectivity index (χ0) is 14.0. The average Bonchev–Trinajstić information content (AvgIpc) is 2.70. The maximum atomic E-state index is 12.6. The van der Waals surface area contributed by atoms with E-state index in [9.17, 15) is 18.0 Å². The monoisotopic (exact) mass is 272 g/mol. The molecule has 6 heteroatoms. The zero-order valence-electron chi connectivity index (χ0n) is 10.3. The van der Waals surface area contributed by atoms with E-state index in [0.717, 1.165) is 12.1 Å². The normalized spacial score (nSPS) is 20.1. The molecule has 2 N–H and O–H groups in total. The Morgan fingerprint density at radius 1 is 1.37 bits per heavy atom. The van der Waals surface area contributed by atoms with Gasteiger partial charge in [0.25, 0.3) is 0 Å². The van der Waals surface area contributed by atoms with Crippen LogP contribution in [0.15, 0.2) is 24.3 Å². The maximum Gasteiger partial charge on any atom is 0.416 e. The lowest BCUT2D eigenvalue weighted by atomic mass is 10.1. The number of nitrogens with two attached hydrogens (primary N) is 1. The highest BCUT2D eigenvalue weighted by Gasteiger charge is 2.31. The summed E-state index contributed by atoms with van der Waals surface area (Å²) in [7, 11) is 0. The molecular weight excluding hydrogens is 257 g/mol. The molecule has 1 heterocycles. The van der Waals surface area contributed by atoms with Crippen molar-refractivity contribution in [2.75, 3.05) is 13.1 Å². The van der Waals surface area contributed by atoms with E-state index in [0.29, 0.717) is 25.1 Å². The summed E-state index contributed by atoms with van der Waals surface area (Å²) in [5.41, 5.74) is 5.30. The molecule has 1 amide bonds. The number of amides is 1. The standard InChI is InChI=1S/C13H15F3N2O/c14-13(15,16)11-3-1-2-9(4-11)7-18-8-10(6-17)5-12(18)19/h1-4,10H,5-8,17H2. The minimum atomic E-state index is -4.36. The van der Waals surface area contributed by atoms with Gasteiger partial charge in [0.1, 0.15) is 0 Å². The molecule has 1 aromatic carbocycles. The molecule has 0 spiro atoms. The molecule has 1 unspecified atom stereocenters. The molecule has 0 bridgehead atoms. The lowest BCUT2D eigenvalue weighted by Crippen LogP contribution is -2.25. The number of carbonyl (C=O) groups is 1. The van der Waals surface area contributed by atoms with Gasteiger partial charge in [-0.05, 0) is 30.2 Å². The van der Waals surface area contributed by atoms with Gasteiger partial charge in [-0.1, -0.05) is 12.1 Å². The number of hydrogen-bond acceptors (Lipinski definition) is 2. The van der Waals surface area contributed by atoms with E-state index in [1.54, 1.807) is 11.0 Å². The van der Waals surface area contributed by atoms with Crippen molar-refractivity contribution in [1.82, 2.24) is 4.90 Å². The smallest absolute Gasteiger partial charge is 0.338 e. The van der Waals surface area contributed by atoms with Crippen molar-refractivity contribution in [3.05, 3.63) is 35.4 Å². The van der Waals surface area contributed by atoms with Gasteiger partial charge in [-0.25, -0.2) is 0 Å². The molecule has 0 aliphatic carbocycles. The number of alkyl halides is 3. The number of likely N-dealkylation sites (tertiary alicyclic amines) is 1. The van der Waals surface area contributed by atoms with Crippen molar-refractivity contribution in [2.45, 2.75) is 19.1 Å². The molecule has 104 valence electrons.